The third-order valence-corrected chi connectivity index (χ3v) is 5.22. The normalized spacial score (nSPS) is 11.0. The maximum absolute atomic E-state index is 12.6. The van der Waals surface area contributed by atoms with Crippen LogP contribution in [0.1, 0.15) is 6.92 Å². The van der Waals surface area contributed by atoms with Gasteiger partial charge in [0, 0.05) is 17.5 Å². The van der Waals surface area contributed by atoms with E-state index in [1.54, 1.807) is 18.2 Å². The number of rotatable bonds is 6. The van der Waals surface area contributed by atoms with Crippen molar-refractivity contribution in [3.8, 4) is 5.75 Å². The Labute approximate surface area is 145 Å². The van der Waals surface area contributed by atoms with Gasteiger partial charge in [-0.05, 0) is 42.7 Å². The van der Waals surface area contributed by atoms with Gasteiger partial charge in [-0.3, -0.25) is 9.52 Å². The van der Waals surface area contributed by atoms with Crippen LogP contribution in [0, 0.1) is 0 Å². The van der Waals surface area contributed by atoms with Crippen molar-refractivity contribution in [2.75, 3.05) is 23.4 Å². The molecule has 0 saturated carbocycles. The van der Waals surface area contributed by atoms with E-state index in [1.165, 1.54) is 44.0 Å². The number of hydrogen-bond donors (Lipinski definition) is 2. The lowest BCUT2D eigenvalue weighted by molar-refractivity contribution is -0.114. The summed E-state index contributed by atoms with van der Waals surface area (Å²) in [6, 6.07) is 11.4. The van der Waals surface area contributed by atoms with Crippen LogP contribution in [-0.4, -0.2) is 27.7 Å². The maximum atomic E-state index is 12.6. The second-order valence-corrected chi connectivity index (χ2v) is 7.44. The molecule has 0 saturated heterocycles. The van der Waals surface area contributed by atoms with Crippen molar-refractivity contribution in [1.29, 1.82) is 0 Å². The van der Waals surface area contributed by atoms with Crippen LogP contribution < -0.4 is 14.8 Å². The lowest BCUT2D eigenvalue weighted by Crippen LogP contribution is -2.14. The Kier molecular flexibility index (Phi) is 5.74. The summed E-state index contributed by atoms with van der Waals surface area (Å²) in [6.07, 6.45) is 1.91. The number of methoxy groups -OCH3 is 1. The molecule has 2 rings (SSSR count). The number of carbonyl (C=O) groups is 1. The van der Waals surface area contributed by atoms with Crippen LogP contribution in [-0.2, 0) is 14.8 Å². The minimum Gasteiger partial charge on any atom is -0.495 e. The van der Waals surface area contributed by atoms with Gasteiger partial charge in [-0.1, -0.05) is 6.07 Å². The first kappa shape index (κ1) is 18.2. The van der Waals surface area contributed by atoms with Gasteiger partial charge in [0.05, 0.1) is 17.7 Å². The van der Waals surface area contributed by atoms with E-state index in [9.17, 15) is 13.2 Å². The fourth-order valence-corrected chi connectivity index (χ4v) is 3.58. The topological polar surface area (TPSA) is 84.5 Å². The lowest BCUT2D eigenvalue weighted by Gasteiger charge is -2.13. The van der Waals surface area contributed by atoms with Gasteiger partial charge in [0.2, 0.25) is 5.91 Å². The smallest absolute Gasteiger partial charge is 0.261 e. The molecule has 0 atom stereocenters. The molecular weight excluding hydrogens is 348 g/mol. The number of thioether (sulfide) groups is 1. The zero-order chi connectivity index (χ0) is 17.7. The SMILES string of the molecule is COc1ccc(S(=O)(=O)Nc2cccc(SC)c2)cc1NC(C)=O. The van der Waals surface area contributed by atoms with E-state index in [-0.39, 0.29) is 10.8 Å². The average Bonchev–Trinajstić information content (AvgIpc) is 2.54. The highest BCUT2D eigenvalue weighted by atomic mass is 32.2. The average molecular weight is 366 g/mol. The molecule has 0 aliphatic carbocycles. The fourth-order valence-electron chi connectivity index (χ4n) is 2.04. The van der Waals surface area contributed by atoms with Crippen molar-refractivity contribution in [3.63, 3.8) is 0 Å². The molecule has 2 aromatic carbocycles. The third kappa shape index (κ3) is 4.42. The number of benzene rings is 2. The van der Waals surface area contributed by atoms with Crippen molar-refractivity contribution < 1.29 is 17.9 Å². The van der Waals surface area contributed by atoms with Crippen LogP contribution >= 0.6 is 11.8 Å². The molecule has 128 valence electrons. The number of amides is 1. The van der Waals surface area contributed by atoms with Crippen LogP contribution in [0.4, 0.5) is 11.4 Å². The zero-order valence-electron chi connectivity index (χ0n) is 13.5. The second kappa shape index (κ2) is 7.59. The van der Waals surface area contributed by atoms with E-state index >= 15 is 0 Å². The first-order valence-electron chi connectivity index (χ1n) is 6.98. The van der Waals surface area contributed by atoms with Crippen LogP contribution in [0.2, 0.25) is 0 Å². The predicted molar refractivity (Wildman–Crippen MR) is 96.3 cm³/mol. The molecule has 1 amide bonds. The van der Waals surface area contributed by atoms with Gasteiger partial charge in [-0.25, -0.2) is 8.42 Å². The van der Waals surface area contributed by atoms with Crippen molar-refractivity contribution in [1.82, 2.24) is 0 Å². The van der Waals surface area contributed by atoms with E-state index in [0.29, 0.717) is 17.1 Å². The third-order valence-electron chi connectivity index (χ3n) is 3.11. The van der Waals surface area contributed by atoms with Crippen LogP contribution in [0.5, 0.6) is 5.75 Å². The van der Waals surface area contributed by atoms with Gasteiger partial charge in [-0.15, -0.1) is 11.8 Å². The van der Waals surface area contributed by atoms with Crippen molar-refractivity contribution in [3.05, 3.63) is 42.5 Å². The summed E-state index contributed by atoms with van der Waals surface area (Å²) in [7, 11) is -2.34. The summed E-state index contributed by atoms with van der Waals surface area (Å²) in [5.41, 5.74) is 0.768. The number of carbonyl (C=O) groups excluding carboxylic acids is 1. The van der Waals surface area contributed by atoms with E-state index in [0.717, 1.165) is 4.90 Å². The van der Waals surface area contributed by atoms with Gasteiger partial charge in [0.15, 0.2) is 0 Å². The highest BCUT2D eigenvalue weighted by molar-refractivity contribution is 7.98. The molecule has 24 heavy (non-hydrogen) atoms. The molecule has 0 heterocycles. The van der Waals surface area contributed by atoms with Gasteiger partial charge in [0.25, 0.3) is 10.0 Å². The predicted octanol–water partition coefficient (Wildman–Crippen LogP) is 3.18. The molecule has 0 aromatic heterocycles. The number of anilines is 2. The largest absolute Gasteiger partial charge is 0.495 e. The molecule has 6 nitrogen and oxygen atoms in total. The molecule has 2 N–H and O–H groups in total. The first-order chi connectivity index (χ1) is 11.4. The Hall–Kier alpha value is -2.19. The quantitative estimate of drug-likeness (QED) is 0.767. The summed E-state index contributed by atoms with van der Waals surface area (Å²) >= 11 is 1.52. The van der Waals surface area contributed by atoms with Crippen molar-refractivity contribution in [2.45, 2.75) is 16.7 Å². The first-order valence-corrected chi connectivity index (χ1v) is 9.69. The Morgan fingerprint density at radius 1 is 1.17 bits per heavy atom. The molecular formula is C16H18N2O4S2. The zero-order valence-corrected chi connectivity index (χ0v) is 15.1. The van der Waals surface area contributed by atoms with Gasteiger partial charge >= 0.3 is 0 Å². The van der Waals surface area contributed by atoms with Crippen LogP contribution in [0.15, 0.2) is 52.3 Å². The van der Waals surface area contributed by atoms with Crippen molar-refractivity contribution in [2.24, 2.45) is 0 Å². The second-order valence-electron chi connectivity index (χ2n) is 4.88. The highest BCUT2D eigenvalue weighted by Gasteiger charge is 2.17. The molecule has 0 bridgehead atoms. The number of hydrogen-bond acceptors (Lipinski definition) is 5. The molecule has 0 radical (unpaired) electrons. The van der Waals surface area contributed by atoms with E-state index in [2.05, 4.69) is 10.0 Å². The molecule has 0 aliphatic rings. The number of ether oxygens (including phenoxy) is 1. The molecule has 0 aliphatic heterocycles. The fraction of sp³-hybridized carbons (Fsp3) is 0.188. The summed E-state index contributed by atoms with van der Waals surface area (Å²) < 4.78 is 32.8. The molecule has 0 fully saturated rings. The minimum atomic E-state index is -3.79. The summed E-state index contributed by atoms with van der Waals surface area (Å²) in [4.78, 5) is 12.2. The Morgan fingerprint density at radius 3 is 2.54 bits per heavy atom. The van der Waals surface area contributed by atoms with E-state index < -0.39 is 10.0 Å². The monoisotopic (exact) mass is 366 g/mol. The van der Waals surface area contributed by atoms with Crippen LogP contribution in [0.3, 0.4) is 0 Å². The summed E-state index contributed by atoms with van der Waals surface area (Å²) in [6.45, 7) is 1.34. The Bertz CT molecular complexity index is 851. The minimum absolute atomic E-state index is 0.0293. The summed E-state index contributed by atoms with van der Waals surface area (Å²) in [5, 5.41) is 2.56. The van der Waals surface area contributed by atoms with E-state index in [1.807, 2.05) is 12.3 Å². The standard InChI is InChI=1S/C16H18N2O4S2/c1-11(19)17-15-10-14(7-8-16(15)22-2)24(20,21)18-12-5-4-6-13(9-12)23-3/h4-10,18H,1-3H3,(H,17,19). The molecule has 0 unspecified atom stereocenters. The lowest BCUT2D eigenvalue weighted by atomic mass is 10.3. The molecule has 0 spiro atoms. The Balaban J connectivity index is 2.36. The van der Waals surface area contributed by atoms with Gasteiger partial charge in [0.1, 0.15) is 5.75 Å². The molecule has 2 aromatic rings. The van der Waals surface area contributed by atoms with Crippen LogP contribution in [0.25, 0.3) is 0 Å². The number of nitrogens with one attached hydrogen (secondary N) is 2. The highest BCUT2D eigenvalue weighted by Crippen LogP contribution is 2.29. The Morgan fingerprint density at radius 2 is 1.92 bits per heavy atom. The van der Waals surface area contributed by atoms with Gasteiger partial charge in [-0.2, -0.15) is 0 Å². The van der Waals surface area contributed by atoms with Crippen molar-refractivity contribution >= 4 is 39.1 Å². The number of sulfonamides is 1. The molecule has 8 heteroatoms. The van der Waals surface area contributed by atoms with Gasteiger partial charge < -0.3 is 10.1 Å². The van der Waals surface area contributed by atoms with E-state index in [4.69, 9.17) is 4.74 Å². The maximum Gasteiger partial charge on any atom is 0.261 e. The summed E-state index contributed by atoms with van der Waals surface area (Å²) in [5.74, 6) is 0.0667.